The second kappa shape index (κ2) is 4.83. The Kier molecular flexibility index (Phi) is 3.12. The summed E-state index contributed by atoms with van der Waals surface area (Å²) in [5, 5.41) is 12.2. The highest BCUT2D eigenvalue weighted by atomic mass is 16.7. The summed E-state index contributed by atoms with van der Waals surface area (Å²) < 4.78 is 10.6. The second-order valence-electron chi connectivity index (χ2n) is 5.41. The van der Waals surface area contributed by atoms with Gasteiger partial charge in [-0.2, -0.15) is 0 Å². The molecule has 2 aliphatic heterocycles. The van der Waals surface area contributed by atoms with Gasteiger partial charge in [0.1, 0.15) is 12.6 Å². The standard InChI is InChI=1S/C14H16N2O5/c1-7(2)13-14(19)16(5-12(17)18)9-4-11-10(20-6-21-11)3-8(9)15-13/h3-4,7,13,15H,5-6H2,1-2H3,(H,17,18). The van der Waals surface area contributed by atoms with Crippen LogP contribution < -0.4 is 19.7 Å². The molecular formula is C14H16N2O5. The van der Waals surface area contributed by atoms with Gasteiger partial charge < -0.3 is 19.9 Å². The summed E-state index contributed by atoms with van der Waals surface area (Å²) >= 11 is 0. The van der Waals surface area contributed by atoms with Crippen molar-refractivity contribution in [2.45, 2.75) is 19.9 Å². The largest absolute Gasteiger partial charge is 0.480 e. The Morgan fingerprint density at radius 1 is 1.43 bits per heavy atom. The van der Waals surface area contributed by atoms with Gasteiger partial charge in [-0.1, -0.05) is 13.8 Å². The molecule has 0 radical (unpaired) electrons. The Morgan fingerprint density at radius 2 is 2.10 bits per heavy atom. The smallest absolute Gasteiger partial charge is 0.323 e. The lowest BCUT2D eigenvalue weighted by atomic mass is 9.98. The third kappa shape index (κ3) is 2.24. The van der Waals surface area contributed by atoms with Crippen molar-refractivity contribution in [2.75, 3.05) is 23.6 Å². The summed E-state index contributed by atoms with van der Waals surface area (Å²) in [5.74, 6) is -0.169. The van der Waals surface area contributed by atoms with E-state index in [0.29, 0.717) is 22.9 Å². The van der Waals surface area contributed by atoms with Crippen LogP contribution in [-0.4, -0.2) is 36.4 Å². The number of amides is 1. The van der Waals surface area contributed by atoms with Crippen LogP contribution in [0, 0.1) is 5.92 Å². The highest BCUT2D eigenvalue weighted by Crippen LogP contribution is 2.43. The topological polar surface area (TPSA) is 88.1 Å². The van der Waals surface area contributed by atoms with Crippen molar-refractivity contribution >= 4 is 23.3 Å². The number of nitrogens with zero attached hydrogens (tertiary/aromatic N) is 1. The molecule has 1 atom stereocenters. The summed E-state index contributed by atoms with van der Waals surface area (Å²) in [5.41, 5.74) is 1.18. The first-order valence-electron chi connectivity index (χ1n) is 6.70. The maximum atomic E-state index is 12.5. The molecule has 2 heterocycles. The molecule has 7 heteroatoms. The Bertz CT molecular complexity index is 614. The number of carbonyl (C=O) groups is 2. The van der Waals surface area contributed by atoms with E-state index in [1.54, 1.807) is 12.1 Å². The summed E-state index contributed by atoms with van der Waals surface area (Å²) in [6.07, 6.45) is 0. The summed E-state index contributed by atoms with van der Waals surface area (Å²) in [4.78, 5) is 24.8. The monoisotopic (exact) mass is 292 g/mol. The maximum Gasteiger partial charge on any atom is 0.323 e. The number of carboxylic acid groups (broad SMARTS) is 1. The van der Waals surface area contributed by atoms with Gasteiger partial charge in [0.25, 0.3) is 0 Å². The first kappa shape index (κ1) is 13.5. The van der Waals surface area contributed by atoms with Crippen LogP contribution in [0.2, 0.25) is 0 Å². The molecule has 1 unspecified atom stereocenters. The van der Waals surface area contributed by atoms with E-state index >= 15 is 0 Å². The Morgan fingerprint density at radius 3 is 2.71 bits per heavy atom. The van der Waals surface area contributed by atoms with E-state index in [2.05, 4.69) is 5.32 Å². The van der Waals surface area contributed by atoms with Crippen molar-refractivity contribution in [3.8, 4) is 11.5 Å². The number of rotatable bonds is 3. The second-order valence-corrected chi connectivity index (χ2v) is 5.41. The third-order valence-electron chi connectivity index (χ3n) is 3.58. The molecule has 0 spiro atoms. The lowest BCUT2D eigenvalue weighted by Gasteiger charge is -2.36. The molecule has 3 rings (SSSR count). The minimum absolute atomic E-state index is 0.0346. The van der Waals surface area contributed by atoms with Crippen molar-refractivity contribution in [2.24, 2.45) is 5.92 Å². The molecule has 0 fully saturated rings. The van der Waals surface area contributed by atoms with Crippen LogP contribution >= 0.6 is 0 Å². The van der Waals surface area contributed by atoms with Gasteiger partial charge in [0.05, 0.1) is 11.4 Å². The highest BCUT2D eigenvalue weighted by molar-refractivity contribution is 6.07. The van der Waals surface area contributed by atoms with Gasteiger partial charge in [-0.3, -0.25) is 14.5 Å². The maximum absolute atomic E-state index is 12.5. The van der Waals surface area contributed by atoms with Crippen LogP contribution in [0.25, 0.3) is 0 Å². The predicted octanol–water partition coefficient (Wildman–Crippen LogP) is 1.28. The number of benzene rings is 1. The van der Waals surface area contributed by atoms with Crippen LogP contribution in [0.3, 0.4) is 0 Å². The fourth-order valence-corrected chi connectivity index (χ4v) is 2.54. The van der Waals surface area contributed by atoms with Crippen LogP contribution in [0.5, 0.6) is 11.5 Å². The zero-order chi connectivity index (χ0) is 15.1. The minimum atomic E-state index is -1.06. The molecule has 2 N–H and O–H groups in total. The number of ether oxygens (including phenoxy) is 2. The number of carbonyl (C=O) groups excluding carboxylic acids is 1. The fourth-order valence-electron chi connectivity index (χ4n) is 2.54. The van der Waals surface area contributed by atoms with E-state index in [0.717, 1.165) is 0 Å². The molecule has 1 aromatic rings. The molecule has 0 aromatic heterocycles. The summed E-state index contributed by atoms with van der Waals surface area (Å²) in [7, 11) is 0. The molecule has 1 aromatic carbocycles. The summed E-state index contributed by atoms with van der Waals surface area (Å²) in [6, 6.07) is 2.92. The molecule has 1 amide bonds. The Labute approximate surface area is 121 Å². The van der Waals surface area contributed by atoms with E-state index < -0.39 is 12.0 Å². The van der Waals surface area contributed by atoms with Gasteiger partial charge in [-0.05, 0) is 5.92 Å². The Hall–Kier alpha value is -2.44. The average molecular weight is 292 g/mol. The SMILES string of the molecule is CC(C)C1Nc2cc3c(cc2N(CC(=O)O)C1=O)OCO3. The van der Waals surface area contributed by atoms with Gasteiger partial charge in [0.15, 0.2) is 11.5 Å². The zero-order valence-corrected chi connectivity index (χ0v) is 11.8. The lowest BCUT2D eigenvalue weighted by Crippen LogP contribution is -2.51. The normalized spacial score (nSPS) is 19.5. The molecule has 0 saturated heterocycles. The van der Waals surface area contributed by atoms with Crippen LogP contribution in [0.1, 0.15) is 13.8 Å². The average Bonchev–Trinajstić information content (AvgIpc) is 2.86. The molecule has 0 saturated carbocycles. The quantitative estimate of drug-likeness (QED) is 0.872. The number of aliphatic carboxylic acids is 1. The van der Waals surface area contributed by atoms with E-state index in [9.17, 15) is 9.59 Å². The number of hydrogen-bond donors (Lipinski definition) is 2. The van der Waals surface area contributed by atoms with E-state index in [-0.39, 0.29) is 25.2 Å². The van der Waals surface area contributed by atoms with Crippen molar-refractivity contribution in [3.63, 3.8) is 0 Å². The molecule has 2 aliphatic rings. The zero-order valence-electron chi connectivity index (χ0n) is 11.8. The minimum Gasteiger partial charge on any atom is -0.480 e. The highest BCUT2D eigenvalue weighted by Gasteiger charge is 2.36. The number of hydrogen-bond acceptors (Lipinski definition) is 5. The molecule has 112 valence electrons. The van der Waals surface area contributed by atoms with E-state index in [1.165, 1.54) is 4.90 Å². The van der Waals surface area contributed by atoms with Crippen LogP contribution in [-0.2, 0) is 9.59 Å². The molecule has 21 heavy (non-hydrogen) atoms. The first-order valence-corrected chi connectivity index (χ1v) is 6.70. The molecular weight excluding hydrogens is 276 g/mol. The Balaban J connectivity index is 2.07. The van der Waals surface area contributed by atoms with E-state index in [4.69, 9.17) is 14.6 Å². The van der Waals surface area contributed by atoms with Crippen molar-refractivity contribution in [3.05, 3.63) is 12.1 Å². The molecule has 7 nitrogen and oxygen atoms in total. The van der Waals surface area contributed by atoms with Crippen molar-refractivity contribution < 1.29 is 24.2 Å². The molecule has 0 aliphatic carbocycles. The van der Waals surface area contributed by atoms with Crippen LogP contribution in [0.15, 0.2) is 12.1 Å². The van der Waals surface area contributed by atoms with Gasteiger partial charge >= 0.3 is 5.97 Å². The van der Waals surface area contributed by atoms with Gasteiger partial charge in [0.2, 0.25) is 12.7 Å². The number of nitrogens with one attached hydrogen (secondary N) is 1. The number of carboxylic acids is 1. The summed E-state index contributed by atoms with van der Waals surface area (Å²) in [6.45, 7) is 3.56. The fraction of sp³-hybridized carbons (Fsp3) is 0.429. The predicted molar refractivity (Wildman–Crippen MR) is 74.8 cm³/mol. The first-order chi connectivity index (χ1) is 9.97. The van der Waals surface area contributed by atoms with Crippen molar-refractivity contribution in [1.29, 1.82) is 0 Å². The van der Waals surface area contributed by atoms with E-state index in [1.807, 2.05) is 13.8 Å². The number of fused-ring (bicyclic) bond motifs is 2. The third-order valence-corrected chi connectivity index (χ3v) is 3.58. The lowest BCUT2D eigenvalue weighted by molar-refractivity contribution is -0.136. The van der Waals surface area contributed by atoms with Gasteiger partial charge in [-0.15, -0.1) is 0 Å². The van der Waals surface area contributed by atoms with Crippen LogP contribution in [0.4, 0.5) is 11.4 Å². The van der Waals surface area contributed by atoms with Gasteiger partial charge in [-0.25, -0.2) is 0 Å². The number of anilines is 2. The van der Waals surface area contributed by atoms with Crippen molar-refractivity contribution in [1.82, 2.24) is 0 Å². The van der Waals surface area contributed by atoms with Gasteiger partial charge in [0, 0.05) is 12.1 Å². The molecule has 0 bridgehead atoms.